The molecule has 122 valence electrons. The van der Waals surface area contributed by atoms with Gasteiger partial charge < -0.3 is 0 Å². The topological polar surface area (TPSA) is 41.1 Å². The molecule has 1 unspecified atom stereocenters. The molecule has 2 aromatic carbocycles. The lowest BCUT2D eigenvalue weighted by Gasteiger charge is -2.20. The summed E-state index contributed by atoms with van der Waals surface area (Å²) < 4.78 is 0. The Morgan fingerprint density at radius 1 is 1.09 bits per heavy atom. The van der Waals surface area contributed by atoms with Crippen LogP contribution in [0.1, 0.15) is 59.8 Å². The van der Waals surface area contributed by atoms with E-state index in [9.17, 15) is 4.79 Å². The monoisotopic (exact) mass is 310 g/mol. The van der Waals surface area contributed by atoms with E-state index in [2.05, 4.69) is 36.0 Å². The van der Waals surface area contributed by atoms with Crippen LogP contribution in [-0.4, -0.2) is 5.91 Å². The number of nitrogens with one attached hydrogen (secondary N) is 2. The molecule has 3 heteroatoms. The van der Waals surface area contributed by atoms with Crippen LogP contribution in [0.25, 0.3) is 0 Å². The van der Waals surface area contributed by atoms with Crippen molar-refractivity contribution >= 4 is 5.91 Å². The molecule has 0 fully saturated rings. The van der Waals surface area contributed by atoms with Crippen LogP contribution in [0, 0.1) is 6.92 Å². The van der Waals surface area contributed by atoms with Crippen LogP contribution in [0.5, 0.6) is 0 Å². The Bertz CT molecular complexity index is 715. The number of amides is 1. The van der Waals surface area contributed by atoms with Crippen molar-refractivity contribution in [2.45, 2.75) is 45.6 Å². The van der Waals surface area contributed by atoms with Gasteiger partial charge in [-0.2, -0.15) is 0 Å². The molecular formula is C20H26N2O. The van der Waals surface area contributed by atoms with E-state index in [-0.39, 0.29) is 13.4 Å². The predicted molar refractivity (Wildman–Crippen MR) is 95.4 cm³/mol. The van der Waals surface area contributed by atoms with Gasteiger partial charge >= 0.3 is 0 Å². The van der Waals surface area contributed by atoms with Crippen LogP contribution in [-0.2, 0) is 12.8 Å². The van der Waals surface area contributed by atoms with Gasteiger partial charge in [0.15, 0.2) is 0 Å². The molecule has 23 heavy (non-hydrogen) atoms. The summed E-state index contributed by atoms with van der Waals surface area (Å²) in [5.74, 6) is -0.0986. The third kappa shape index (κ3) is 3.80. The van der Waals surface area contributed by atoms with Crippen molar-refractivity contribution in [1.29, 1.82) is 0 Å². The van der Waals surface area contributed by atoms with Gasteiger partial charge in [-0.25, -0.2) is 5.43 Å². The molecule has 1 aliphatic carbocycles. The first-order chi connectivity index (χ1) is 11.1. The van der Waals surface area contributed by atoms with Gasteiger partial charge in [0.05, 0.1) is 0 Å². The van der Waals surface area contributed by atoms with Gasteiger partial charge in [0.2, 0.25) is 0 Å². The highest BCUT2D eigenvalue weighted by Gasteiger charge is 2.13. The third-order valence-electron chi connectivity index (χ3n) is 4.56. The Balaban J connectivity index is 0.00000208. The van der Waals surface area contributed by atoms with Gasteiger partial charge in [0.1, 0.15) is 0 Å². The Labute approximate surface area is 139 Å². The molecule has 0 aromatic heterocycles. The minimum Gasteiger partial charge on any atom is -0.287 e. The minimum atomic E-state index is -0.0986. The van der Waals surface area contributed by atoms with Crippen molar-refractivity contribution in [3.63, 3.8) is 0 Å². The predicted octanol–water partition coefficient (Wildman–Crippen LogP) is 4.12. The van der Waals surface area contributed by atoms with Gasteiger partial charge in [-0.15, -0.1) is 0 Å². The van der Waals surface area contributed by atoms with Crippen LogP contribution in [0.3, 0.4) is 0 Å². The molecule has 0 saturated carbocycles. The molecule has 1 aliphatic rings. The quantitative estimate of drug-likeness (QED) is 0.834. The van der Waals surface area contributed by atoms with E-state index in [0.717, 1.165) is 5.56 Å². The summed E-state index contributed by atoms with van der Waals surface area (Å²) in [7, 11) is 0. The van der Waals surface area contributed by atoms with Crippen LogP contribution < -0.4 is 10.9 Å². The summed E-state index contributed by atoms with van der Waals surface area (Å²) in [6, 6.07) is 14.4. The molecular weight excluding hydrogens is 284 g/mol. The van der Waals surface area contributed by atoms with E-state index >= 15 is 0 Å². The second-order valence-electron chi connectivity index (χ2n) is 6.42. The van der Waals surface area contributed by atoms with Gasteiger partial charge in [-0.05, 0) is 68.4 Å². The van der Waals surface area contributed by atoms with Crippen molar-refractivity contribution in [3.8, 4) is 0 Å². The molecule has 3 nitrogen and oxygen atoms in total. The number of carbonyl (C=O) groups excluding carboxylic acids is 1. The summed E-state index contributed by atoms with van der Waals surface area (Å²) in [6.45, 7) is 4.06. The maximum absolute atomic E-state index is 12.2. The number of rotatable bonds is 4. The number of hydrazine groups is 1. The molecule has 0 bridgehead atoms. The standard InChI is InChI=1S/C20H24N2O.H2/c1-14-6-5-9-19(12-14)20(23)22-21-15(2)17-11-10-16-7-3-4-8-18(16)13-17;/h5-6,9-13,15,21H,3-4,7-8H2,1-2H3,(H,22,23);1H. The van der Waals surface area contributed by atoms with Crippen LogP contribution >= 0.6 is 0 Å². The highest BCUT2D eigenvalue weighted by molar-refractivity contribution is 5.94. The fourth-order valence-corrected chi connectivity index (χ4v) is 3.14. The number of hydrogen-bond acceptors (Lipinski definition) is 2. The van der Waals surface area contributed by atoms with Crippen molar-refractivity contribution in [2.75, 3.05) is 0 Å². The zero-order chi connectivity index (χ0) is 16.2. The molecule has 1 atom stereocenters. The maximum atomic E-state index is 12.2. The number of fused-ring (bicyclic) bond motifs is 1. The highest BCUT2D eigenvalue weighted by Crippen LogP contribution is 2.24. The summed E-state index contributed by atoms with van der Waals surface area (Å²) in [5, 5.41) is 0. The smallest absolute Gasteiger partial charge is 0.265 e. The van der Waals surface area contributed by atoms with Gasteiger partial charge in [0.25, 0.3) is 5.91 Å². The second kappa shape index (κ2) is 6.97. The third-order valence-corrected chi connectivity index (χ3v) is 4.56. The lowest BCUT2D eigenvalue weighted by atomic mass is 9.89. The fourth-order valence-electron chi connectivity index (χ4n) is 3.14. The maximum Gasteiger partial charge on any atom is 0.265 e. The van der Waals surface area contributed by atoms with E-state index in [4.69, 9.17) is 0 Å². The number of benzene rings is 2. The summed E-state index contributed by atoms with van der Waals surface area (Å²) in [5.41, 5.74) is 11.9. The van der Waals surface area contributed by atoms with Gasteiger partial charge in [0, 0.05) is 13.0 Å². The second-order valence-corrected chi connectivity index (χ2v) is 6.42. The first kappa shape index (κ1) is 15.8. The zero-order valence-electron chi connectivity index (χ0n) is 13.9. The molecule has 1 amide bonds. The number of carbonyl (C=O) groups is 1. The SMILES string of the molecule is Cc1cccc(C(=O)NNC(C)c2ccc3c(c2)CCCC3)c1.[HH]. The Morgan fingerprint density at radius 2 is 1.87 bits per heavy atom. The van der Waals surface area contributed by atoms with Crippen molar-refractivity contribution in [3.05, 3.63) is 70.3 Å². The highest BCUT2D eigenvalue weighted by atomic mass is 16.2. The van der Waals surface area contributed by atoms with E-state index in [1.807, 2.05) is 31.2 Å². The average molecular weight is 310 g/mol. The van der Waals surface area contributed by atoms with Gasteiger partial charge in [-0.1, -0.05) is 35.9 Å². The van der Waals surface area contributed by atoms with E-state index in [1.54, 1.807) is 0 Å². The molecule has 0 heterocycles. The van der Waals surface area contributed by atoms with Crippen LogP contribution in [0.15, 0.2) is 42.5 Å². The van der Waals surface area contributed by atoms with Crippen LogP contribution in [0.4, 0.5) is 0 Å². The average Bonchev–Trinajstić information content (AvgIpc) is 2.59. The largest absolute Gasteiger partial charge is 0.287 e. The van der Waals surface area contributed by atoms with E-state index < -0.39 is 0 Å². The van der Waals surface area contributed by atoms with E-state index in [1.165, 1.54) is 42.4 Å². The van der Waals surface area contributed by atoms with Crippen molar-refractivity contribution in [1.82, 2.24) is 10.9 Å². The number of aryl methyl sites for hydroxylation is 3. The van der Waals surface area contributed by atoms with Crippen molar-refractivity contribution < 1.29 is 6.22 Å². The number of hydrogen-bond donors (Lipinski definition) is 2. The molecule has 2 aromatic rings. The molecule has 0 saturated heterocycles. The van der Waals surface area contributed by atoms with E-state index in [0.29, 0.717) is 5.56 Å². The summed E-state index contributed by atoms with van der Waals surface area (Å²) in [6.07, 6.45) is 4.95. The summed E-state index contributed by atoms with van der Waals surface area (Å²) >= 11 is 0. The minimum absolute atomic E-state index is 0. The van der Waals surface area contributed by atoms with Crippen LogP contribution in [0.2, 0.25) is 0 Å². The molecule has 2 N–H and O–H groups in total. The Kier molecular flexibility index (Phi) is 4.77. The zero-order valence-corrected chi connectivity index (χ0v) is 13.9. The first-order valence-electron chi connectivity index (χ1n) is 8.38. The van der Waals surface area contributed by atoms with Gasteiger partial charge in [-0.3, -0.25) is 10.2 Å². The fraction of sp³-hybridized carbons (Fsp3) is 0.350. The summed E-state index contributed by atoms with van der Waals surface area (Å²) in [4.78, 5) is 12.2. The molecule has 0 spiro atoms. The first-order valence-corrected chi connectivity index (χ1v) is 8.38. The molecule has 3 rings (SSSR count). The Hall–Kier alpha value is -2.13. The lowest BCUT2D eigenvalue weighted by Crippen LogP contribution is -2.39. The van der Waals surface area contributed by atoms with Crippen molar-refractivity contribution in [2.24, 2.45) is 0 Å². The molecule has 0 aliphatic heterocycles. The Morgan fingerprint density at radius 3 is 2.65 bits per heavy atom. The lowest BCUT2D eigenvalue weighted by molar-refractivity contribution is 0.0926. The normalized spacial score (nSPS) is 14.9. The molecule has 0 radical (unpaired) electrons.